The maximum atomic E-state index is 12.4. The van der Waals surface area contributed by atoms with Gasteiger partial charge in [0.25, 0.3) is 0 Å². The van der Waals surface area contributed by atoms with E-state index in [1.807, 2.05) is 0 Å². The summed E-state index contributed by atoms with van der Waals surface area (Å²) < 4.78 is 11.0. The third-order valence-corrected chi connectivity index (χ3v) is 4.80. The number of carbonyl (C=O) groups is 4. The number of aliphatic hydroxyl groups excluding tert-OH is 2. The van der Waals surface area contributed by atoms with Crippen LogP contribution in [0.2, 0.25) is 0 Å². The number of aliphatic carboxylic acids is 2. The van der Waals surface area contributed by atoms with Gasteiger partial charge in [0, 0.05) is 19.0 Å². The molecule has 0 fully saturated rings. The van der Waals surface area contributed by atoms with Crippen LogP contribution in [0.1, 0.15) is 31.9 Å². The number of anilines is 1. The molecule has 1 aromatic heterocycles. The first-order chi connectivity index (χ1) is 16.4. The van der Waals surface area contributed by atoms with E-state index in [1.165, 1.54) is 6.07 Å². The lowest BCUT2D eigenvalue weighted by Gasteiger charge is -2.18. The standard InChI is InChI=1S/C19H25N5O11/c20-8(1-3-12(25)26)16(30)22-11-5-6-24(19(33)23-11)17-15(29)14(28)10(35-17)7-34-13(27)4-2-9(21)18(31)32/h5-6,8-9,15,17,28-29H,1-4,7,20-21H2,(H,25,26)(H,31,32)(H,22,23,30,33)/t8-,9-,15?,17+/m0/s1. The first kappa shape index (κ1) is 27.2. The van der Waals surface area contributed by atoms with Gasteiger partial charge in [-0.1, -0.05) is 0 Å². The zero-order chi connectivity index (χ0) is 26.3. The second-order valence-corrected chi connectivity index (χ2v) is 7.44. The van der Waals surface area contributed by atoms with Crippen LogP contribution < -0.4 is 22.5 Å². The van der Waals surface area contributed by atoms with Crippen molar-refractivity contribution in [3.63, 3.8) is 0 Å². The van der Waals surface area contributed by atoms with E-state index >= 15 is 0 Å². The quantitative estimate of drug-likeness (QED) is 0.150. The minimum Gasteiger partial charge on any atom is -0.506 e. The summed E-state index contributed by atoms with van der Waals surface area (Å²) in [5, 5.41) is 39.9. The summed E-state index contributed by atoms with van der Waals surface area (Å²) in [6.07, 6.45) is -3.03. The number of ether oxygens (including phenoxy) is 2. The Balaban J connectivity index is 1.97. The van der Waals surface area contributed by atoms with Gasteiger partial charge >= 0.3 is 23.6 Å². The summed E-state index contributed by atoms with van der Waals surface area (Å²) in [5.41, 5.74) is 9.89. The lowest BCUT2D eigenvalue weighted by molar-refractivity contribution is -0.145. The van der Waals surface area contributed by atoms with Crippen molar-refractivity contribution in [3.05, 3.63) is 34.3 Å². The lowest BCUT2D eigenvalue weighted by atomic mass is 10.1. The maximum absolute atomic E-state index is 12.4. The van der Waals surface area contributed by atoms with Crippen molar-refractivity contribution in [2.75, 3.05) is 11.9 Å². The Labute approximate surface area is 196 Å². The molecule has 1 aliphatic heterocycles. The van der Waals surface area contributed by atoms with Gasteiger partial charge in [-0.2, -0.15) is 4.98 Å². The highest BCUT2D eigenvalue weighted by Gasteiger charge is 2.38. The van der Waals surface area contributed by atoms with Crippen LogP contribution in [0.5, 0.6) is 0 Å². The fourth-order valence-corrected chi connectivity index (χ4v) is 2.81. The van der Waals surface area contributed by atoms with Gasteiger partial charge in [-0.15, -0.1) is 0 Å². The highest BCUT2D eigenvalue weighted by molar-refractivity contribution is 5.94. The summed E-state index contributed by atoms with van der Waals surface area (Å²) in [6.45, 7) is -0.606. The molecular weight excluding hydrogens is 474 g/mol. The zero-order valence-electron chi connectivity index (χ0n) is 18.2. The molecule has 4 atom stereocenters. The summed E-state index contributed by atoms with van der Waals surface area (Å²) in [5.74, 6) is -5.23. The van der Waals surface area contributed by atoms with Crippen LogP contribution in [0.15, 0.2) is 28.6 Å². The van der Waals surface area contributed by atoms with Gasteiger partial charge in [-0.05, 0) is 18.9 Å². The van der Waals surface area contributed by atoms with Crippen LogP contribution in [0.25, 0.3) is 0 Å². The van der Waals surface area contributed by atoms with Crippen LogP contribution in [-0.4, -0.2) is 78.6 Å². The normalized spacial score (nSPS) is 18.9. The zero-order valence-corrected chi connectivity index (χ0v) is 18.2. The van der Waals surface area contributed by atoms with E-state index in [-0.39, 0.29) is 37.3 Å². The van der Waals surface area contributed by atoms with Crippen molar-refractivity contribution < 1.29 is 49.1 Å². The number of hydrogen-bond donors (Lipinski definition) is 7. The second kappa shape index (κ2) is 11.9. The Kier molecular flexibility index (Phi) is 9.26. The fourth-order valence-electron chi connectivity index (χ4n) is 2.81. The van der Waals surface area contributed by atoms with Crippen LogP contribution >= 0.6 is 0 Å². The molecule has 16 nitrogen and oxygen atoms in total. The molecule has 16 heteroatoms. The molecule has 1 aliphatic rings. The number of carbonyl (C=O) groups excluding carboxylic acids is 2. The molecule has 2 rings (SSSR count). The molecule has 9 N–H and O–H groups in total. The van der Waals surface area contributed by atoms with E-state index in [1.54, 1.807) is 0 Å². The number of carboxylic acids is 2. The second-order valence-electron chi connectivity index (χ2n) is 7.44. The summed E-state index contributed by atoms with van der Waals surface area (Å²) in [7, 11) is 0. The number of hydrogen-bond acceptors (Lipinski definition) is 12. The molecule has 2 heterocycles. The van der Waals surface area contributed by atoms with Crippen LogP contribution in [0.4, 0.5) is 5.82 Å². The lowest BCUT2D eigenvalue weighted by Crippen LogP contribution is -2.37. The molecule has 0 saturated heterocycles. The number of aromatic nitrogens is 2. The SMILES string of the molecule is N[C@@H](CCC(=O)OCC1=C(O)C(O)[C@H](n2ccc(NC(=O)[C@@H](N)CCC(=O)O)nc2=O)O1)C(=O)O. The molecule has 0 saturated carbocycles. The molecule has 1 unspecified atom stereocenters. The molecule has 0 bridgehead atoms. The van der Waals surface area contributed by atoms with Gasteiger partial charge in [0.15, 0.2) is 24.2 Å². The Morgan fingerprint density at radius 1 is 1.17 bits per heavy atom. The Morgan fingerprint density at radius 2 is 1.83 bits per heavy atom. The molecule has 0 spiro atoms. The number of aliphatic hydroxyl groups is 2. The van der Waals surface area contributed by atoms with Crippen molar-refractivity contribution in [1.29, 1.82) is 0 Å². The van der Waals surface area contributed by atoms with Gasteiger partial charge in [-0.25, -0.2) is 4.79 Å². The van der Waals surface area contributed by atoms with Gasteiger partial charge in [0.05, 0.1) is 6.04 Å². The van der Waals surface area contributed by atoms with E-state index in [9.17, 15) is 34.2 Å². The topological polar surface area (TPSA) is 267 Å². The molecule has 0 radical (unpaired) electrons. The highest BCUT2D eigenvalue weighted by atomic mass is 16.6. The van der Waals surface area contributed by atoms with E-state index < -0.39 is 66.3 Å². The summed E-state index contributed by atoms with van der Waals surface area (Å²) in [6, 6.07) is -1.22. The van der Waals surface area contributed by atoms with Gasteiger partial charge in [0.2, 0.25) is 12.1 Å². The van der Waals surface area contributed by atoms with Crippen LogP contribution in [0.3, 0.4) is 0 Å². The fraction of sp³-hybridized carbons (Fsp3) is 0.474. The molecule has 0 aromatic carbocycles. The van der Waals surface area contributed by atoms with Crippen molar-refractivity contribution in [2.24, 2.45) is 11.5 Å². The minimum absolute atomic E-state index is 0.134. The average molecular weight is 499 g/mol. The molecule has 192 valence electrons. The van der Waals surface area contributed by atoms with E-state index in [0.29, 0.717) is 0 Å². The van der Waals surface area contributed by atoms with E-state index in [2.05, 4.69) is 10.3 Å². The number of carboxylic acid groups (broad SMARTS) is 2. The molecule has 35 heavy (non-hydrogen) atoms. The summed E-state index contributed by atoms with van der Waals surface area (Å²) in [4.78, 5) is 61.0. The maximum Gasteiger partial charge on any atom is 0.352 e. The third kappa shape index (κ3) is 7.49. The van der Waals surface area contributed by atoms with Crippen LogP contribution in [0, 0.1) is 0 Å². The van der Waals surface area contributed by atoms with Crippen molar-refractivity contribution in [1.82, 2.24) is 9.55 Å². The first-order valence-corrected chi connectivity index (χ1v) is 10.2. The van der Waals surface area contributed by atoms with Crippen molar-refractivity contribution in [3.8, 4) is 0 Å². The molecular formula is C19H25N5O11. The summed E-state index contributed by atoms with van der Waals surface area (Å²) >= 11 is 0. The van der Waals surface area contributed by atoms with Crippen molar-refractivity contribution in [2.45, 2.75) is 50.1 Å². The van der Waals surface area contributed by atoms with Gasteiger partial charge in [-0.3, -0.25) is 23.7 Å². The first-order valence-electron chi connectivity index (χ1n) is 10.2. The molecule has 0 aliphatic carbocycles. The highest BCUT2D eigenvalue weighted by Crippen LogP contribution is 2.30. The van der Waals surface area contributed by atoms with Crippen molar-refractivity contribution >= 4 is 29.6 Å². The number of esters is 1. The van der Waals surface area contributed by atoms with Crippen LogP contribution in [-0.2, 0) is 28.7 Å². The Hall–Kier alpha value is -4.02. The predicted octanol–water partition coefficient (Wildman–Crippen LogP) is -2.23. The predicted molar refractivity (Wildman–Crippen MR) is 114 cm³/mol. The van der Waals surface area contributed by atoms with E-state index in [0.717, 1.165) is 10.8 Å². The number of amides is 1. The third-order valence-electron chi connectivity index (χ3n) is 4.80. The van der Waals surface area contributed by atoms with Gasteiger partial charge in [0.1, 0.15) is 11.9 Å². The Bertz CT molecular complexity index is 1070. The monoisotopic (exact) mass is 499 g/mol. The van der Waals surface area contributed by atoms with E-state index in [4.69, 9.17) is 31.2 Å². The largest absolute Gasteiger partial charge is 0.506 e. The molecule has 1 amide bonds. The smallest absolute Gasteiger partial charge is 0.352 e. The Morgan fingerprint density at radius 3 is 2.43 bits per heavy atom. The number of nitrogens with two attached hydrogens (primary N) is 2. The number of nitrogens with one attached hydrogen (secondary N) is 1. The molecule has 1 aromatic rings. The van der Waals surface area contributed by atoms with Gasteiger partial charge < -0.3 is 46.7 Å². The number of nitrogens with zero attached hydrogens (tertiary/aromatic N) is 2. The minimum atomic E-state index is -1.71. The average Bonchev–Trinajstić information content (AvgIpc) is 3.07. The number of rotatable bonds is 12.